The van der Waals surface area contributed by atoms with Gasteiger partial charge in [-0.25, -0.2) is 0 Å². The highest BCUT2D eigenvalue weighted by molar-refractivity contribution is 5.28. The molecule has 0 N–H and O–H groups in total. The van der Waals surface area contributed by atoms with E-state index in [1.807, 2.05) is 27.7 Å². The van der Waals surface area contributed by atoms with Crippen molar-refractivity contribution >= 4 is 0 Å². The van der Waals surface area contributed by atoms with Crippen LogP contribution in [0.4, 0.5) is 0 Å². The van der Waals surface area contributed by atoms with Gasteiger partial charge < -0.3 is 0 Å². The molecule has 0 aromatic heterocycles. The van der Waals surface area contributed by atoms with Crippen molar-refractivity contribution in [2.24, 2.45) is 0 Å². The fourth-order valence-corrected chi connectivity index (χ4v) is 1.96. The first-order valence-electron chi connectivity index (χ1n) is 7.69. The second-order valence-electron chi connectivity index (χ2n) is 4.68. The largest absolute Gasteiger partial charge is 0.0683 e. The summed E-state index contributed by atoms with van der Waals surface area (Å²) in [6.45, 7) is 17.1. The molecule has 18 heavy (non-hydrogen) atoms. The summed E-state index contributed by atoms with van der Waals surface area (Å²) in [5.74, 6) is 0. The number of benzene rings is 1. The van der Waals surface area contributed by atoms with Crippen LogP contribution in [0.5, 0.6) is 0 Å². The monoisotopic (exact) mass is 250 g/mol. The summed E-state index contributed by atoms with van der Waals surface area (Å²) in [5.41, 5.74) is 3.23. The zero-order valence-electron chi connectivity index (χ0n) is 13.9. The predicted octanol–water partition coefficient (Wildman–Crippen LogP) is 6.38. The lowest BCUT2D eigenvalue weighted by molar-refractivity contribution is 0.473. The van der Waals surface area contributed by atoms with E-state index < -0.39 is 0 Å². The third-order valence-corrected chi connectivity index (χ3v) is 3.02. The van der Waals surface area contributed by atoms with Gasteiger partial charge in [0.15, 0.2) is 0 Å². The molecule has 0 bridgehead atoms. The molecule has 0 aliphatic heterocycles. The summed E-state index contributed by atoms with van der Waals surface area (Å²) in [5, 5.41) is 0. The van der Waals surface area contributed by atoms with Crippen LogP contribution in [0.2, 0.25) is 0 Å². The highest BCUT2D eigenvalue weighted by atomic mass is 14.2. The molecule has 0 heteroatoms. The Labute approximate surface area is 116 Å². The third kappa shape index (κ3) is 6.83. The van der Waals surface area contributed by atoms with Gasteiger partial charge in [0.1, 0.15) is 0 Å². The number of hydrogen-bond acceptors (Lipinski definition) is 0. The molecular formula is C18H34. The van der Waals surface area contributed by atoms with E-state index in [0.717, 1.165) is 6.42 Å². The second-order valence-corrected chi connectivity index (χ2v) is 4.68. The number of hydrogen-bond donors (Lipinski definition) is 0. The van der Waals surface area contributed by atoms with Crippen molar-refractivity contribution in [2.75, 3.05) is 0 Å². The maximum absolute atomic E-state index is 2.33. The molecular weight excluding hydrogens is 216 g/mol. The van der Waals surface area contributed by atoms with Gasteiger partial charge in [-0.3, -0.25) is 0 Å². The topological polar surface area (TPSA) is 0 Å². The molecule has 0 aliphatic carbocycles. The lowest BCUT2D eigenvalue weighted by Gasteiger charge is -2.24. The van der Waals surface area contributed by atoms with E-state index in [1.54, 1.807) is 0 Å². The quantitative estimate of drug-likeness (QED) is 0.581. The highest BCUT2D eigenvalue weighted by Crippen LogP contribution is 2.28. The van der Waals surface area contributed by atoms with Gasteiger partial charge in [0, 0.05) is 0 Å². The van der Waals surface area contributed by atoms with Crippen LogP contribution in [0, 0.1) is 0 Å². The van der Waals surface area contributed by atoms with E-state index >= 15 is 0 Å². The van der Waals surface area contributed by atoms with Crippen LogP contribution in [0.1, 0.15) is 79.4 Å². The van der Waals surface area contributed by atoms with Crippen molar-refractivity contribution < 1.29 is 0 Å². The van der Waals surface area contributed by atoms with Crippen molar-refractivity contribution in [3.63, 3.8) is 0 Å². The van der Waals surface area contributed by atoms with Crippen LogP contribution >= 0.6 is 0 Å². The van der Waals surface area contributed by atoms with Crippen molar-refractivity contribution in [3.05, 3.63) is 35.4 Å². The van der Waals surface area contributed by atoms with Crippen LogP contribution in [0.25, 0.3) is 0 Å². The van der Waals surface area contributed by atoms with Crippen LogP contribution < -0.4 is 0 Å². The van der Waals surface area contributed by atoms with E-state index in [9.17, 15) is 0 Å². The van der Waals surface area contributed by atoms with Crippen LogP contribution in [0.3, 0.4) is 0 Å². The van der Waals surface area contributed by atoms with Gasteiger partial charge in [0.25, 0.3) is 0 Å². The summed E-state index contributed by atoms with van der Waals surface area (Å²) in [4.78, 5) is 0. The van der Waals surface area contributed by atoms with E-state index in [2.05, 4.69) is 52.0 Å². The predicted molar refractivity (Wildman–Crippen MR) is 86.5 cm³/mol. The Morgan fingerprint density at radius 2 is 1.28 bits per heavy atom. The summed E-state index contributed by atoms with van der Waals surface area (Å²) in [6.07, 6.45) is 3.65. The first-order chi connectivity index (χ1) is 8.60. The van der Waals surface area contributed by atoms with Gasteiger partial charge in [-0.15, -0.1) is 0 Å². The molecule has 1 aromatic carbocycles. The molecule has 1 rings (SSSR count). The molecule has 0 heterocycles. The Morgan fingerprint density at radius 1 is 0.833 bits per heavy atom. The number of aryl methyl sites for hydroxylation is 1. The fourth-order valence-electron chi connectivity index (χ4n) is 1.96. The molecule has 0 radical (unpaired) electrons. The van der Waals surface area contributed by atoms with Gasteiger partial charge in [-0.2, -0.15) is 0 Å². The lowest BCUT2D eigenvalue weighted by atomic mass is 9.80. The van der Waals surface area contributed by atoms with E-state index in [-0.39, 0.29) is 0 Å². The average molecular weight is 250 g/mol. The Bertz CT molecular complexity index is 267. The molecule has 0 spiro atoms. The zero-order valence-corrected chi connectivity index (χ0v) is 13.9. The van der Waals surface area contributed by atoms with Crippen LogP contribution in [0.15, 0.2) is 24.3 Å². The van der Waals surface area contributed by atoms with E-state index in [1.165, 1.54) is 24.0 Å². The van der Waals surface area contributed by atoms with E-state index in [0.29, 0.717) is 5.41 Å². The number of rotatable bonds is 4. The molecule has 0 fully saturated rings. The Kier molecular flexibility index (Phi) is 12.3. The van der Waals surface area contributed by atoms with Gasteiger partial charge in [0.05, 0.1) is 0 Å². The average Bonchev–Trinajstić information content (AvgIpc) is 2.43. The van der Waals surface area contributed by atoms with Crippen molar-refractivity contribution in [2.45, 2.75) is 80.1 Å². The molecule has 1 aromatic rings. The minimum atomic E-state index is 0.334. The first kappa shape index (κ1) is 19.6. The normalized spacial score (nSPS) is 9.78. The second kappa shape index (κ2) is 11.3. The van der Waals surface area contributed by atoms with Crippen molar-refractivity contribution in [1.82, 2.24) is 0 Å². The Morgan fingerprint density at radius 3 is 1.61 bits per heavy atom. The zero-order chi connectivity index (χ0) is 14.6. The Balaban J connectivity index is 0. The molecule has 0 aliphatic rings. The van der Waals surface area contributed by atoms with Gasteiger partial charge in [-0.1, -0.05) is 86.1 Å². The molecule has 106 valence electrons. The standard InChI is InChI=1S/C14H22.2C2H6/c1-5-11-14(3,4)13-9-7-12(6-2)8-10-13;2*1-2/h7-10H,5-6,11H2,1-4H3;2*1-2H3. The maximum atomic E-state index is 2.33. The molecule has 0 unspecified atom stereocenters. The van der Waals surface area contributed by atoms with Gasteiger partial charge in [-0.05, 0) is 29.4 Å². The van der Waals surface area contributed by atoms with Crippen LogP contribution in [-0.4, -0.2) is 0 Å². The summed E-state index contributed by atoms with van der Waals surface area (Å²) >= 11 is 0. The molecule has 0 saturated heterocycles. The van der Waals surface area contributed by atoms with E-state index in [4.69, 9.17) is 0 Å². The smallest absolute Gasteiger partial charge is 0.0104 e. The SMILES string of the molecule is CC.CC.CCCC(C)(C)c1ccc(CC)cc1. The highest BCUT2D eigenvalue weighted by Gasteiger charge is 2.18. The minimum Gasteiger partial charge on any atom is -0.0683 e. The first-order valence-corrected chi connectivity index (χ1v) is 7.69. The van der Waals surface area contributed by atoms with Gasteiger partial charge >= 0.3 is 0 Å². The molecule has 0 amide bonds. The van der Waals surface area contributed by atoms with Crippen molar-refractivity contribution in [1.29, 1.82) is 0 Å². The summed E-state index contributed by atoms with van der Waals surface area (Å²) in [6, 6.07) is 9.09. The molecule has 0 nitrogen and oxygen atoms in total. The molecule has 0 atom stereocenters. The van der Waals surface area contributed by atoms with Crippen molar-refractivity contribution in [3.8, 4) is 0 Å². The van der Waals surface area contributed by atoms with Crippen LogP contribution in [-0.2, 0) is 11.8 Å². The molecule has 0 saturated carbocycles. The summed E-state index contributed by atoms with van der Waals surface area (Å²) in [7, 11) is 0. The maximum Gasteiger partial charge on any atom is -0.0104 e. The minimum absolute atomic E-state index is 0.334. The lowest BCUT2D eigenvalue weighted by Crippen LogP contribution is -2.16. The third-order valence-electron chi connectivity index (χ3n) is 3.02. The Hall–Kier alpha value is -0.780. The van der Waals surface area contributed by atoms with Gasteiger partial charge in [0.2, 0.25) is 0 Å². The fraction of sp³-hybridized carbons (Fsp3) is 0.667. The summed E-state index contributed by atoms with van der Waals surface area (Å²) < 4.78 is 0.